The molecule has 1 N–H and O–H groups in total. The topological polar surface area (TPSA) is 58.2 Å². The van der Waals surface area contributed by atoms with Gasteiger partial charge in [-0.1, -0.05) is 23.7 Å². The quantitative estimate of drug-likeness (QED) is 0.780. The van der Waals surface area contributed by atoms with Gasteiger partial charge in [-0.3, -0.25) is 4.79 Å². The Kier molecular flexibility index (Phi) is 4.09. The molecule has 1 amide bonds. The molecule has 0 aliphatic carbocycles. The summed E-state index contributed by atoms with van der Waals surface area (Å²) in [5.41, 5.74) is 2.81. The van der Waals surface area contributed by atoms with Gasteiger partial charge in [-0.25, -0.2) is 4.98 Å². The van der Waals surface area contributed by atoms with Crippen LogP contribution in [0.4, 0.5) is 0 Å². The summed E-state index contributed by atoms with van der Waals surface area (Å²) in [5.74, 6) is 1.98. The van der Waals surface area contributed by atoms with E-state index in [1.54, 1.807) is 25.3 Å². The molecule has 0 atom stereocenters. The minimum Gasteiger partial charge on any atom is -0.496 e. The number of benzene rings is 2. The van der Waals surface area contributed by atoms with Crippen LogP contribution in [0.3, 0.4) is 0 Å². The number of methoxy groups -OCH3 is 1. The summed E-state index contributed by atoms with van der Waals surface area (Å²) in [7, 11) is 1.60. The van der Waals surface area contributed by atoms with Crippen LogP contribution in [0.5, 0.6) is 5.75 Å². The SMILES string of the molecule is COc1ccc(Cl)cc1CC(=O)N1CC(c2nc3ccccc3[nH]2)C1. The normalized spacial score (nSPS) is 14.6. The maximum atomic E-state index is 12.5. The van der Waals surface area contributed by atoms with E-state index in [9.17, 15) is 4.79 Å². The monoisotopic (exact) mass is 355 g/mol. The molecule has 1 fully saturated rings. The van der Waals surface area contributed by atoms with Gasteiger partial charge in [0.05, 0.1) is 30.5 Å². The van der Waals surface area contributed by atoms with Crippen LogP contribution >= 0.6 is 11.6 Å². The number of halogens is 1. The molecule has 5 nitrogen and oxygen atoms in total. The molecule has 25 heavy (non-hydrogen) atoms. The molecular formula is C19H18ClN3O2. The van der Waals surface area contributed by atoms with Crippen LogP contribution in [0, 0.1) is 0 Å². The van der Waals surface area contributed by atoms with E-state index in [-0.39, 0.29) is 18.2 Å². The van der Waals surface area contributed by atoms with Crippen LogP contribution in [0.2, 0.25) is 5.02 Å². The van der Waals surface area contributed by atoms with Crippen molar-refractivity contribution in [3.05, 3.63) is 58.9 Å². The number of hydrogen-bond acceptors (Lipinski definition) is 3. The number of nitrogens with zero attached hydrogens (tertiary/aromatic N) is 2. The lowest BCUT2D eigenvalue weighted by Crippen LogP contribution is -2.49. The molecule has 0 bridgehead atoms. The van der Waals surface area contributed by atoms with Crippen molar-refractivity contribution < 1.29 is 9.53 Å². The highest BCUT2D eigenvalue weighted by Gasteiger charge is 2.33. The van der Waals surface area contributed by atoms with Crippen LogP contribution in [0.15, 0.2) is 42.5 Å². The highest BCUT2D eigenvalue weighted by atomic mass is 35.5. The molecule has 0 spiro atoms. The first-order valence-corrected chi connectivity index (χ1v) is 8.56. The Bertz CT molecular complexity index is 898. The van der Waals surface area contributed by atoms with Gasteiger partial charge >= 0.3 is 0 Å². The number of hydrogen-bond donors (Lipinski definition) is 1. The van der Waals surface area contributed by atoms with Crippen LogP contribution in [-0.2, 0) is 11.2 Å². The van der Waals surface area contributed by atoms with Crippen molar-refractivity contribution >= 4 is 28.5 Å². The summed E-state index contributed by atoms with van der Waals surface area (Å²) in [5, 5.41) is 0.604. The molecule has 2 heterocycles. The van der Waals surface area contributed by atoms with Crippen molar-refractivity contribution in [3.63, 3.8) is 0 Å². The highest BCUT2D eigenvalue weighted by Crippen LogP contribution is 2.29. The van der Waals surface area contributed by atoms with Crippen molar-refractivity contribution in [2.75, 3.05) is 20.2 Å². The van der Waals surface area contributed by atoms with E-state index in [0.717, 1.165) is 22.4 Å². The van der Waals surface area contributed by atoms with Gasteiger partial charge < -0.3 is 14.6 Å². The first-order chi connectivity index (χ1) is 12.1. The van der Waals surface area contributed by atoms with E-state index >= 15 is 0 Å². The van der Waals surface area contributed by atoms with Gasteiger partial charge in [-0.15, -0.1) is 0 Å². The van der Waals surface area contributed by atoms with Gasteiger partial charge in [0, 0.05) is 23.7 Å². The Hall–Kier alpha value is -2.53. The second-order valence-electron chi connectivity index (χ2n) is 6.27. The number of aromatic nitrogens is 2. The zero-order valence-electron chi connectivity index (χ0n) is 13.8. The molecule has 1 aliphatic rings. The van der Waals surface area contributed by atoms with Crippen LogP contribution in [0.25, 0.3) is 11.0 Å². The van der Waals surface area contributed by atoms with Gasteiger partial charge in [0.25, 0.3) is 0 Å². The number of carbonyl (C=O) groups is 1. The van der Waals surface area contributed by atoms with E-state index in [2.05, 4.69) is 9.97 Å². The fraction of sp³-hybridized carbons (Fsp3) is 0.263. The maximum absolute atomic E-state index is 12.5. The Balaban J connectivity index is 1.42. The summed E-state index contributed by atoms with van der Waals surface area (Å²) in [6, 6.07) is 13.3. The number of likely N-dealkylation sites (tertiary alicyclic amines) is 1. The number of ether oxygens (including phenoxy) is 1. The summed E-state index contributed by atoms with van der Waals surface area (Å²) in [6.45, 7) is 1.36. The van der Waals surface area contributed by atoms with E-state index in [1.165, 1.54) is 0 Å². The summed E-state index contributed by atoms with van der Waals surface area (Å²) < 4.78 is 5.31. The number of rotatable bonds is 4. The molecule has 1 aromatic heterocycles. The molecule has 6 heteroatoms. The number of fused-ring (bicyclic) bond motifs is 1. The second-order valence-corrected chi connectivity index (χ2v) is 6.70. The molecule has 3 aromatic rings. The Morgan fingerprint density at radius 1 is 1.32 bits per heavy atom. The zero-order valence-corrected chi connectivity index (χ0v) is 14.6. The molecule has 128 valence electrons. The number of H-pyrrole nitrogens is 1. The Morgan fingerprint density at radius 2 is 2.12 bits per heavy atom. The van der Waals surface area contributed by atoms with Crippen LogP contribution in [-0.4, -0.2) is 41.0 Å². The number of aromatic amines is 1. The molecule has 4 rings (SSSR count). The van der Waals surface area contributed by atoms with Crippen molar-refractivity contribution in [2.45, 2.75) is 12.3 Å². The Labute approximate surface area is 150 Å². The van der Waals surface area contributed by atoms with Gasteiger partial charge in [-0.05, 0) is 30.3 Å². The van der Waals surface area contributed by atoms with E-state index < -0.39 is 0 Å². The molecule has 0 unspecified atom stereocenters. The standard InChI is InChI=1S/C19H18ClN3O2/c1-25-17-7-6-14(20)8-12(17)9-18(24)23-10-13(11-23)19-21-15-4-2-3-5-16(15)22-19/h2-8,13H,9-11H2,1H3,(H,21,22). The lowest BCUT2D eigenvalue weighted by Gasteiger charge is -2.38. The van der Waals surface area contributed by atoms with Crippen LogP contribution in [0.1, 0.15) is 17.3 Å². The number of amides is 1. The third kappa shape index (κ3) is 3.07. The summed E-state index contributed by atoms with van der Waals surface area (Å²) in [6.07, 6.45) is 0.288. The van der Waals surface area contributed by atoms with E-state index in [4.69, 9.17) is 16.3 Å². The van der Waals surface area contributed by atoms with Gasteiger partial charge in [0.2, 0.25) is 5.91 Å². The van der Waals surface area contributed by atoms with Crippen LogP contribution < -0.4 is 4.74 Å². The molecule has 0 saturated carbocycles. The fourth-order valence-corrected chi connectivity index (χ4v) is 3.38. The predicted octanol–water partition coefficient (Wildman–Crippen LogP) is 3.39. The molecule has 2 aromatic carbocycles. The molecule has 1 saturated heterocycles. The number of para-hydroxylation sites is 2. The zero-order chi connectivity index (χ0) is 17.4. The fourth-order valence-electron chi connectivity index (χ4n) is 3.18. The number of carbonyl (C=O) groups excluding carboxylic acids is 1. The van der Waals surface area contributed by atoms with Gasteiger partial charge in [0.1, 0.15) is 11.6 Å². The van der Waals surface area contributed by atoms with Gasteiger partial charge in [-0.2, -0.15) is 0 Å². The van der Waals surface area contributed by atoms with Crippen molar-refractivity contribution in [1.82, 2.24) is 14.9 Å². The van der Waals surface area contributed by atoms with Crippen molar-refractivity contribution in [3.8, 4) is 5.75 Å². The highest BCUT2D eigenvalue weighted by molar-refractivity contribution is 6.30. The van der Waals surface area contributed by atoms with E-state index in [1.807, 2.05) is 29.2 Å². The molecule has 0 radical (unpaired) electrons. The summed E-state index contributed by atoms with van der Waals surface area (Å²) >= 11 is 6.03. The lowest BCUT2D eigenvalue weighted by molar-refractivity contribution is -0.135. The maximum Gasteiger partial charge on any atom is 0.227 e. The lowest BCUT2D eigenvalue weighted by atomic mass is 9.98. The Morgan fingerprint density at radius 3 is 2.88 bits per heavy atom. The number of nitrogens with one attached hydrogen (secondary N) is 1. The third-order valence-electron chi connectivity index (χ3n) is 4.61. The van der Waals surface area contributed by atoms with Gasteiger partial charge in [0.15, 0.2) is 0 Å². The van der Waals surface area contributed by atoms with Crippen molar-refractivity contribution in [1.29, 1.82) is 0 Å². The first-order valence-electron chi connectivity index (χ1n) is 8.19. The molecule has 1 aliphatic heterocycles. The number of imidazole rings is 1. The molecular weight excluding hydrogens is 338 g/mol. The largest absolute Gasteiger partial charge is 0.496 e. The average molecular weight is 356 g/mol. The average Bonchev–Trinajstić information content (AvgIpc) is 2.97. The minimum atomic E-state index is 0.0768. The predicted molar refractivity (Wildman–Crippen MR) is 97.1 cm³/mol. The summed E-state index contributed by atoms with van der Waals surface area (Å²) in [4.78, 5) is 22.3. The van der Waals surface area contributed by atoms with E-state index in [0.29, 0.717) is 23.9 Å². The first kappa shape index (κ1) is 16.0. The second kappa shape index (κ2) is 6.41. The van der Waals surface area contributed by atoms with Crippen molar-refractivity contribution in [2.24, 2.45) is 0 Å². The smallest absolute Gasteiger partial charge is 0.227 e. The minimum absolute atomic E-state index is 0.0768. The third-order valence-corrected chi connectivity index (χ3v) is 4.85.